The second kappa shape index (κ2) is 13.1. The van der Waals surface area contributed by atoms with E-state index in [2.05, 4.69) is 20.0 Å². The van der Waals surface area contributed by atoms with Gasteiger partial charge in [0.25, 0.3) is 22.7 Å². The Morgan fingerprint density at radius 3 is 2.28 bits per heavy atom. The molecule has 17 heteroatoms. The summed E-state index contributed by atoms with van der Waals surface area (Å²) in [6, 6.07) is 11.0. The van der Waals surface area contributed by atoms with E-state index in [1.54, 1.807) is 38.1 Å². The monoisotopic (exact) mass is 626 g/mol. The van der Waals surface area contributed by atoms with Gasteiger partial charge in [-0.15, -0.1) is 5.01 Å². The maximum Gasteiger partial charge on any atom is 0.435 e. The maximum atomic E-state index is 13.5. The van der Waals surface area contributed by atoms with Crippen molar-refractivity contribution in [3.63, 3.8) is 0 Å². The van der Waals surface area contributed by atoms with Crippen LogP contribution >= 0.6 is 0 Å². The first-order valence-electron chi connectivity index (χ1n) is 12.6. The minimum Gasteiger partial charge on any atom is -0.569 e. The number of alkyl halides is 3. The minimum absolute atomic E-state index is 0.111. The summed E-state index contributed by atoms with van der Waals surface area (Å²) in [4.78, 5) is 27.8. The lowest BCUT2D eigenvalue weighted by molar-refractivity contribution is -0.712. The number of nitrogens with zero attached hydrogens (tertiary/aromatic N) is 5. The molecule has 1 amide bonds. The summed E-state index contributed by atoms with van der Waals surface area (Å²) in [7, 11) is -3.32. The first-order valence-corrected chi connectivity index (χ1v) is 14.1. The molecule has 0 aliphatic carbocycles. The van der Waals surface area contributed by atoms with Crippen LogP contribution in [0.15, 0.2) is 64.8 Å². The average Bonchev–Trinajstić information content (AvgIpc) is 3.37. The Morgan fingerprint density at radius 2 is 1.74 bits per heavy atom. The molecule has 43 heavy (non-hydrogen) atoms. The molecule has 2 aromatic carbocycles. The highest BCUT2D eigenvalue weighted by Crippen LogP contribution is 2.33. The fourth-order valence-electron chi connectivity index (χ4n) is 3.91. The molecule has 1 heterocycles. The molecule has 232 valence electrons. The first kappa shape index (κ1) is 32.8. The van der Waals surface area contributed by atoms with E-state index in [9.17, 15) is 36.4 Å². The van der Waals surface area contributed by atoms with Crippen molar-refractivity contribution in [3.05, 3.63) is 71.1 Å². The Labute approximate surface area is 245 Å². The van der Waals surface area contributed by atoms with E-state index in [0.717, 1.165) is 40.4 Å². The molecule has 0 aliphatic heterocycles. The van der Waals surface area contributed by atoms with Gasteiger partial charge in [-0.25, -0.2) is 17.8 Å². The molecular formula is C26H29F3N6O7S. The van der Waals surface area contributed by atoms with Gasteiger partial charge in [0, 0.05) is 12.5 Å². The number of amides is 1. The quantitative estimate of drug-likeness (QED) is 0.0831. The Hall–Kier alpha value is -4.67. The molecule has 0 bridgehead atoms. The zero-order valence-corrected chi connectivity index (χ0v) is 24.5. The summed E-state index contributed by atoms with van der Waals surface area (Å²) in [6.07, 6.45) is -4.72. The number of halogens is 3. The number of hydrazine groups is 1. The van der Waals surface area contributed by atoms with E-state index in [4.69, 9.17) is 0 Å². The normalized spacial score (nSPS) is 13.0. The molecule has 3 aromatic rings. The number of likely N-dealkylation sites (N-methyl/N-ethyl adjacent to an activating group) is 1. The van der Waals surface area contributed by atoms with E-state index in [-0.39, 0.29) is 21.2 Å². The first-order chi connectivity index (χ1) is 20.0. The van der Waals surface area contributed by atoms with Gasteiger partial charge in [-0.2, -0.15) is 18.3 Å². The number of aromatic nitrogens is 2. The van der Waals surface area contributed by atoms with Gasteiger partial charge in [-0.1, -0.05) is 43.7 Å². The number of carbonyl (C=O) groups excluding carboxylic acids is 2. The van der Waals surface area contributed by atoms with Crippen LogP contribution in [0.4, 0.5) is 13.2 Å². The smallest absolute Gasteiger partial charge is 0.435 e. The number of benzene rings is 2. The number of rotatable bonds is 11. The molecule has 0 spiro atoms. The summed E-state index contributed by atoms with van der Waals surface area (Å²) < 4.78 is 74.0. The van der Waals surface area contributed by atoms with Gasteiger partial charge in [0.1, 0.15) is 0 Å². The predicted molar refractivity (Wildman–Crippen MR) is 144 cm³/mol. The van der Waals surface area contributed by atoms with Crippen molar-refractivity contribution in [2.24, 2.45) is 11.2 Å². The van der Waals surface area contributed by atoms with E-state index < -0.39 is 52.5 Å². The van der Waals surface area contributed by atoms with Crippen LogP contribution in [0, 0.1) is 18.0 Å². The number of aryl methyl sites for hydroxylation is 1. The Morgan fingerprint density at radius 1 is 1.14 bits per heavy atom. The lowest BCUT2D eigenvalue weighted by Crippen LogP contribution is -2.51. The summed E-state index contributed by atoms with van der Waals surface area (Å²) in [5.74, 6) is -2.34. The number of hydrogen-bond acceptors (Lipinski definition) is 9. The molecule has 3 rings (SSSR count). The van der Waals surface area contributed by atoms with Gasteiger partial charge >= 0.3 is 12.1 Å². The standard InChI is InChI=1S/C26H29F3N6O7S/c1-16(2)24(33(5)35(38)32-42-15-41-18(4)36)25(37)31-43(39,40)21-12-10-20(11-13-21)34-22(14-23(30-34)26(27,28)29)19-8-6-17(3)7-9-19/h6-14,16,24H,15H2,1-5H3,(H,31,37)/b35-32-/t24-/m0/s1. The van der Waals surface area contributed by atoms with Crippen molar-refractivity contribution < 1.29 is 45.7 Å². The van der Waals surface area contributed by atoms with Gasteiger partial charge in [-0.05, 0) is 43.2 Å². The maximum absolute atomic E-state index is 13.5. The number of hydrogen-bond donors (Lipinski definition) is 1. The van der Waals surface area contributed by atoms with Crippen LogP contribution in [0.25, 0.3) is 16.9 Å². The topological polar surface area (TPSA) is 158 Å². The summed E-state index contributed by atoms with van der Waals surface area (Å²) >= 11 is 0. The van der Waals surface area contributed by atoms with Gasteiger partial charge in [-0.3, -0.25) is 9.59 Å². The highest BCUT2D eigenvalue weighted by atomic mass is 32.2. The fraction of sp³-hybridized carbons (Fsp3) is 0.346. The van der Waals surface area contributed by atoms with Gasteiger partial charge in [0.15, 0.2) is 11.7 Å². The van der Waals surface area contributed by atoms with Crippen LogP contribution in [-0.4, -0.2) is 59.9 Å². The van der Waals surface area contributed by atoms with Crippen molar-refractivity contribution in [3.8, 4) is 16.9 Å². The molecule has 0 unspecified atom stereocenters. The Balaban J connectivity index is 1.85. The van der Waals surface area contributed by atoms with Crippen molar-refractivity contribution in [2.75, 3.05) is 13.8 Å². The summed E-state index contributed by atoms with van der Waals surface area (Å²) in [6.45, 7) is 5.40. The van der Waals surface area contributed by atoms with Gasteiger partial charge in [0.05, 0.1) is 28.3 Å². The lowest BCUT2D eigenvalue weighted by Gasteiger charge is -2.25. The predicted octanol–water partition coefficient (Wildman–Crippen LogP) is 3.96. The largest absolute Gasteiger partial charge is 0.569 e. The highest BCUT2D eigenvalue weighted by Gasteiger charge is 2.36. The molecule has 1 aromatic heterocycles. The van der Waals surface area contributed by atoms with Crippen LogP contribution in [0.1, 0.15) is 32.0 Å². The molecule has 0 saturated carbocycles. The second-order valence-electron chi connectivity index (χ2n) is 9.63. The lowest BCUT2D eigenvalue weighted by atomic mass is 10.0. The molecule has 13 nitrogen and oxygen atoms in total. The van der Waals surface area contributed by atoms with Crippen molar-refractivity contribution in [1.29, 1.82) is 0 Å². The molecular weight excluding hydrogens is 597 g/mol. The molecule has 0 radical (unpaired) electrons. The van der Waals surface area contributed by atoms with Crippen LogP contribution in [-0.2, 0) is 35.4 Å². The van der Waals surface area contributed by atoms with E-state index in [1.165, 1.54) is 19.2 Å². The summed E-state index contributed by atoms with van der Waals surface area (Å²) in [5.41, 5.74) is 0.486. The van der Waals surface area contributed by atoms with Crippen LogP contribution in [0.5, 0.6) is 0 Å². The fourth-order valence-corrected chi connectivity index (χ4v) is 4.91. The number of nitrogens with one attached hydrogen (secondary N) is 1. The Kier molecular flexibility index (Phi) is 10.0. The number of sulfonamides is 1. The third-order valence-corrected chi connectivity index (χ3v) is 7.35. The third kappa shape index (κ3) is 8.21. The average molecular weight is 627 g/mol. The Bertz CT molecular complexity index is 1590. The van der Waals surface area contributed by atoms with Crippen LogP contribution in [0.3, 0.4) is 0 Å². The zero-order valence-electron chi connectivity index (χ0n) is 23.7. The summed E-state index contributed by atoms with van der Waals surface area (Å²) in [5, 5.41) is 19.9. The zero-order chi connectivity index (χ0) is 32.1. The second-order valence-corrected chi connectivity index (χ2v) is 11.3. The third-order valence-electron chi connectivity index (χ3n) is 5.99. The highest BCUT2D eigenvalue weighted by molar-refractivity contribution is 7.90. The van der Waals surface area contributed by atoms with Crippen LogP contribution in [0.2, 0.25) is 0 Å². The molecule has 0 aliphatic rings. The van der Waals surface area contributed by atoms with Gasteiger partial charge < -0.3 is 14.8 Å². The van der Waals surface area contributed by atoms with E-state index in [0.29, 0.717) is 5.56 Å². The van der Waals surface area contributed by atoms with E-state index >= 15 is 0 Å². The van der Waals surface area contributed by atoms with Crippen molar-refractivity contribution in [1.82, 2.24) is 19.5 Å². The molecule has 1 atom stereocenters. The molecule has 0 saturated heterocycles. The molecule has 1 N–H and O–H groups in total. The van der Waals surface area contributed by atoms with Gasteiger partial charge in [0.2, 0.25) is 5.28 Å². The van der Waals surface area contributed by atoms with Crippen molar-refractivity contribution in [2.45, 2.75) is 44.8 Å². The van der Waals surface area contributed by atoms with Crippen LogP contribution < -0.4 is 4.72 Å². The van der Waals surface area contributed by atoms with Crippen molar-refractivity contribution >= 4 is 21.9 Å². The van der Waals surface area contributed by atoms with E-state index in [1.807, 2.05) is 11.6 Å². The molecule has 0 fully saturated rings. The minimum atomic E-state index is -4.72. The SMILES string of the molecule is CC(=O)OCO/N=[N+](\[O-])N(C)[C@H](C(=O)NS(=O)(=O)c1ccc(-n2nc(C(F)(F)F)cc2-c2ccc(C)cc2)cc1)C(C)C. The number of esters is 1. The number of carbonyl (C=O) groups is 2. The number of ether oxygens (including phenoxy) is 1.